The molecule has 0 heterocycles. The van der Waals surface area contributed by atoms with Crippen LogP contribution in [-0.2, 0) is 0 Å². The SMILES string of the molecule is Cc1cc(Oc2ccc(F)cc2Cl)ccc1C(=O)O. The van der Waals surface area contributed by atoms with E-state index in [0.717, 1.165) is 6.07 Å². The molecule has 2 rings (SSSR count). The third kappa shape index (κ3) is 3.03. The van der Waals surface area contributed by atoms with Crippen LogP contribution in [0.15, 0.2) is 36.4 Å². The fourth-order valence-corrected chi connectivity index (χ4v) is 1.83. The van der Waals surface area contributed by atoms with Gasteiger partial charge in [-0.15, -0.1) is 0 Å². The molecule has 0 aromatic heterocycles. The second kappa shape index (κ2) is 5.28. The lowest BCUT2D eigenvalue weighted by molar-refractivity contribution is 0.0696. The number of halogens is 2. The van der Waals surface area contributed by atoms with Gasteiger partial charge in [-0.1, -0.05) is 11.6 Å². The number of rotatable bonds is 3. The van der Waals surface area contributed by atoms with E-state index in [1.165, 1.54) is 24.3 Å². The highest BCUT2D eigenvalue weighted by atomic mass is 35.5. The molecule has 0 atom stereocenters. The molecule has 2 aromatic carbocycles. The Morgan fingerprint density at radius 3 is 2.58 bits per heavy atom. The molecule has 0 fully saturated rings. The van der Waals surface area contributed by atoms with E-state index >= 15 is 0 Å². The van der Waals surface area contributed by atoms with Crippen LogP contribution >= 0.6 is 11.6 Å². The molecule has 0 bridgehead atoms. The Morgan fingerprint density at radius 1 is 1.26 bits per heavy atom. The van der Waals surface area contributed by atoms with Gasteiger partial charge in [-0.3, -0.25) is 0 Å². The highest BCUT2D eigenvalue weighted by Gasteiger charge is 2.09. The van der Waals surface area contributed by atoms with Gasteiger partial charge in [-0.2, -0.15) is 0 Å². The number of carboxylic acid groups (broad SMARTS) is 1. The normalized spacial score (nSPS) is 10.3. The van der Waals surface area contributed by atoms with Gasteiger partial charge in [-0.05, 0) is 48.9 Å². The van der Waals surface area contributed by atoms with Gasteiger partial charge >= 0.3 is 5.97 Å². The molecule has 0 radical (unpaired) electrons. The molecule has 0 saturated heterocycles. The lowest BCUT2D eigenvalue weighted by Crippen LogP contribution is -1.99. The van der Waals surface area contributed by atoms with Crippen molar-refractivity contribution < 1.29 is 19.0 Å². The minimum atomic E-state index is -0.996. The quantitative estimate of drug-likeness (QED) is 0.913. The lowest BCUT2D eigenvalue weighted by atomic mass is 10.1. The van der Waals surface area contributed by atoms with Crippen LogP contribution in [0.3, 0.4) is 0 Å². The smallest absolute Gasteiger partial charge is 0.335 e. The molecule has 19 heavy (non-hydrogen) atoms. The van der Waals surface area contributed by atoms with Crippen LogP contribution in [0.2, 0.25) is 5.02 Å². The molecule has 0 aliphatic carbocycles. The minimum Gasteiger partial charge on any atom is -0.478 e. The van der Waals surface area contributed by atoms with Crippen molar-refractivity contribution in [1.82, 2.24) is 0 Å². The topological polar surface area (TPSA) is 46.5 Å². The molecule has 0 amide bonds. The van der Waals surface area contributed by atoms with Gasteiger partial charge < -0.3 is 9.84 Å². The first-order valence-electron chi connectivity index (χ1n) is 5.44. The van der Waals surface area contributed by atoms with E-state index in [1.807, 2.05) is 0 Å². The number of benzene rings is 2. The third-order valence-corrected chi connectivity index (χ3v) is 2.85. The summed E-state index contributed by atoms with van der Waals surface area (Å²) in [7, 11) is 0. The molecule has 0 aliphatic heterocycles. The van der Waals surface area contributed by atoms with Crippen LogP contribution in [0.5, 0.6) is 11.5 Å². The van der Waals surface area contributed by atoms with Gasteiger partial charge in [0.05, 0.1) is 10.6 Å². The molecule has 98 valence electrons. The van der Waals surface area contributed by atoms with Gasteiger partial charge in [0.2, 0.25) is 0 Å². The zero-order chi connectivity index (χ0) is 14.0. The average molecular weight is 281 g/mol. The number of carbonyl (C=O) groups is 1. The first-order chi connectivity index (χ1) is 8.97. The van der Waals surface area contributed by atoms with E-state index < -0.39 is 11.8 Å². The Labute approximate surface area is 114 Å². The molecule has 0 unspecified atom stereocenters. The molecule has 0 saturated carbocycles. The van der Waals surface area contributed by atoms with Crippen molar-refractivity contribution in [3.8, 4) is 11.5 Å². The summed E-state index contributed by atoms with van der Waals surface area (Å²) in [5.74, 6) is -0.694. The second-order valence-corrected chi connectivity index (χ2v) is 4.37. The molecular weight excluding hydrogens is 271 g/mol. The van der Waals surface area contributed by atoms with Crippen LogP contribution in [0, 0.1) is 12.7 Å². The minimum absolute atomic E-state index is 0.153. The number of ether oxygens (including phenoxy) is 1. The van der Waals surface area contributed by atoms with Crippen LogP contribution in [0.4, 0.5) is 4.39 Å². The number of aryl methyl sites for hydroxylation is 1. The lowest BCUT2D eigenvalue weighted by Gasteiger charge is -2.09. The Balaban J connectivity index is 2.29. The summed E-state index contributed by atoms with van der Waals surface area (Å²) in [6.45, 7) is 1.67. The van der Waals surface area contributed by atoms with Gasteiger partial charge in [0.25, 0.3) is 0 Å². The van der Waals surface area contributed by atoms with E-state index in [-0.39, 0.29) is 10.6 Å². The predicted octanol–water partition coefficient (Wildman–Crippen LogP) is 4.28. The van der Waals surface area contributed by atoms with Gasteiger partial charge in [0, 0.05) is 0 Å². The van der Waals surface area contributed by atoms with Crippen molar-refractivity contribution >= 4 is 17.6 Å². The van der Waals surface area contributed by atoms with Gasteiger partial charge in [-0.25, -0.2) is 9.18 Å². The number of hydrogen-bond acceptors (Lipinski definition) is 2. The molecular formula is C14H10ClFO3. The summed E-state index contributed by atoms with van der Waals surface area (Å²) < 4.78 is 18.4. The number of hydrogen-bond donors (Lipinski definition) is 1. The van der Waals surface area contributed by atoms with E-state index in [1.54, 1.807) is 13.0 Å². The first-order valence-corrected chi connectivity index (χ1v) is 5.82. The Morgan fingerprint density at radius 2 is 2.00 bits per heavy atom. The highest BCUT2D eigenvalue weighted by molar-refractivity contribution is 6.32. The maximum absolute atomic E-state index is 12.9. The van der Waals surface area contributed by atoms with Crippen LogP contribution in [0.1, 0.15) is 15.9 Å². The van der Waals surface area contributed by atoms with Crippen molar-refractivity contribution in [2.75, 3.05) is 0 Å². The number of carboxylic acids is 1. The van der Waals surface area contributed by atoms with E-state index in [4.69, 9.17) is 21.4 Å². The number of aromatic carboxylic acids is 1. The third-order valence-electron chi connectivity index (χ3n) is 2.55. The maximum atomic E-state index is 12.9. The summed E-state index contributed by atoms with van der Waals surface area (Å²) in [5, 5.41) is 9.07. The fourth-order valence-electron chi connectivity index (χ4n) is 1.62. The molecule has 0 spiro atoms. The van der Waals surface area contributed by atoms with Crippen LogP contribution < -0.4 is 4.74 Å². The van der Waals surface area contributed by atoms with E-state index in [0.29, 0.717) is 17.1 Å². The summed E-state index contributed by atoms with van der Waals surface area (Å²) in [6.07, 6.45) is 0. The second-order valence-electron chi connectivity index (χ2n) is 3.96. The first kappa shape index (κ1) is 13.4. The average Bonchev–Trinajstić information content (AvgIpc) is 2.32. The summed E-state index contributed by atoms with van der Waals surface area (Å²) in [5.41, 5.74) is 0.779. The monoisotopic (exact) mass is 280 g/mol. The Hall–Kier alpha value is -2.07. The molecule has 3 nitrogen and oxygen atoms in total. The zero-order valence-corrected chi connectivity index (χ0v) is 10.7. The standard InChI is InChI=1S/C14H10ClFO3/c1-8-6-10(3-4-11(8)14(17)18)19-13-5-2-9(16)7-12(13)15/h2-7H,1H3,(H,17,18). The molecule has 1 N–H and O–H groups in total. The Kier molecular flexibility index (Phi) is 3.71. The largest absolute Gasteiger partial charge is 0.478 e. The van der Waals surface area contributed by atoms with Crippen molar-refractivity contribution in [3.63, 3.8) is 0 Å². The van der Waals surface area contributed by atoms with Gasteiger partial charge in [0.15, 0.2) is 0 Å². The highest BCUT2D eigenvalue weighted by Crippen LogP contribution is 2.30. The summed E-state index contributed by atoms with van der Waals surface area (Å²) >= 11 is 5.84. The van der Waals surface area contributed by atoms with Crippen LogP contribution in [-0.4, -0.2) is 11.1 Å². The molecule has 2 aromatic rings. The van der Waals surface area contributed by atoms with E-state index in [9.17, 15) is 9.18 Å². The Bertz CT molecular complexity index is 641. The molecule has 0 aliphatic rings. The van der Waals surface area contributed by atoms with Gasteiger partial charge in [0.1, 0.15) is 17.3 Å². The van der Waals surface area contributed by atoms with Crippen LogP contribution in [0.25, 0.3) is 0 Å². The van der Waals surface area contributed by atoms with Crippen molar-refractivity contribution in [3.05, 3.63) is 58.4 Å². The summed E-state index contributed by atoms with van der Waals surface area (Å²) in [6, 6.07) is 8.36. The summed E-state index contributed by atoms with van der Waals surface area (Å²) in [4.78, 5) is 10.9. The van der Waals surface area contributed by atoms with Crippen molar-refractivity contribution in [1.29, 1.82) is 0 Å². The maximum Gasteiger partial charge on any atom is 0.335 e. The molecule has 5 heteroatoms. The van der Waals surface area contributed by atoms with E-state index in [2.05, 4.69) is 0 Å². The van der Waals surface area contributed by atoms with Crippen molar-refractivity contribution in [2.24, 2.45) is 0 Å². The van der Waals surface area contributed by atoms with Crippen molar-refractivity contribution in [2.45, 2.75) is 6.92 Å². The zero-order valence-electron chi connectivity index (χ0n) is 9.98. The predicted molar refractivity (Wildman–Crippen MR) is 69.6 cm³/mol. The fraction of sp³-hybridized carbons (Fsp3) is 0.0714.